The maximum absolute atomic E-state index is 10.7. The molecule has 116 valence electrons. The van der Waals surface area contributed by atoms with Gasteiger partial charge in [0.1, 0.15) is 5.75 Å². The number of morpholine rings is 1. The van der Waals surface area contributed by atoms with E-state index >= 15 is 0 Å². The van der Waals surface area contributed by atoms with E-state index in [-0.39, 0.29) is 6.04 Å². The fourth-order valence-corrected chi connectivity index (χ4v) is 3.50. The minimum Gasteiger partial charge on any atom is -0.493 e. The number of hydrogen-bond acceptors (Lipinski definition) is 4. The van der Waals surface area contributed by atoms with E-state index in [0.29, 0.717) is 31.1 Å². The number of ether oxygens (including phenoxy) is 2. The SMILES string of the molecule is CC(O)(Cc1cc(Cl)cc2c1OCC2)CC1COCCN1. The highest BCUT2D eigenvalue weighted by Gasteiger charge is 2.29. The third-order valence-corrected chi connectivity index (χ3v) is 4.30. The summed E-state index contributed by atoms with van der Waals surface area (Å²) in [7, 11) is 0. The zero-order valence-corrected chi connectivity index (χ0v) is 13.1. The van der Waals surface area contributed by atoms with E-state index in [1.807, 2.05) is 19.1 Å². The summed E-state index contributed by atoms with van der Waals surface area (Å²) in [6.07, 6.45) is 2.07. The Morgan fingerprint density at radius 2 is 2.29 bits per heavy atom. The number of fused-ring (bicyclic) bond motifs is 1. The van der Waals surface area contributed by atoms with Crippen molar-refractivity contribution in [3.63, 3.8) is 0 Å². The van der Waals surface area contributed by atoms with Gasteiger partial charge in [0, 0.05) is 30.5 Å². The summed E-state index contributed by atoms with van der Waals surface area (Å²) in [4.78, 5) is 0. The molecule has 2 aliphatic rings. The Balaban J connectivity index is 1.72. The van der Waals surface area contributed by atoms with Crippen LogP contribution >= 0.6 is 11.6 Å². The minimum absolute atomic E-state index is 0.196. The summed E-state index contributed by atoms with van der Waals surface area (Å²) in [5, 5.41) is 14.8. The average molecular weight is 312 g/mol. The fraction of sp³-hybridized carbons (Fsp3) is 0.625. The first-order chi connectivity index (χ1) is 10.0. The van der Waals surface area contributed by atoms with Gasteiger partial charge in [-0.05, 0) is 36.6 Å². The molecular weight excluding hydrogens is 290 g/mol. The highest BCUT2D eigenvalue weighted by Crippen LogP contribution is 2.35. The van der Waals surface area contributed by atoms with Gasteiger partial charge < -0.3 is 19.9 Å². The van der Waals surface area contributed by atoms with Gasteiger partial charge in [0.2, 0.25) is 0 Å². The Bertz CT molecular complexity index is 512. The van der Waals surface area contributed by atoms with Crippen molar-refractivity contribution in [2.75, 3.05) is 26.4 Å². The number of hydrogen-bond donors (Lipinski definition) is 2. The van der Waals surface area contributed by atoms with Crippen LogP contribution in [0.1, 0.15) is 24.5 Å². The molecule has 2 aliphatic heterocycles. The molecule has 1 aromatic carbocycles. The maximum atomic E-state index is 10.7. The lowest BCUT2D eigenvalue weighted by Gasteiger charge is -2.32. The van der Waals surface area contributed by atoms with Gasteiger partial charge in [-0.2, -0.15) is 0 Å². The molecule has 2 atom stereocenters. The second kappa shape index (κ2) is 6.13. The highest BCUT2D eigenvalue weighted by molar-refractivity contribution is 6.30. The molecule has 0 amide bonds. The van der Waals surface area contributed by atoms with Gasteiger partial charge in [-0.3, -0.25) is 0 Å². The molecule has 0 aromatic heterocycles. The first kappa shape index (κ1) is 15.1. The van der Waals surface area contributed by atoms with Gasteiger partial charge in [0.15, 0.2) is 0 Å². The van der Waals surface area contributed by atoms with Crippen LogP contribution in [0.4, 0.5) is 0 Å². The largest absolute Gasteiger partial charge is 0.493 e. The predicted octanol–water partition coefficient (Wildman–Crippen LogP) is 1.95. The van der Waals surface area contributed by atoms with Gasteiger partial charge in [-0.15, -0.1) is 0 Å². The molecule has 0 aliphatic carbocycles. The van der Waals surface area contributed by atoms with Crippen molar-refractivity contribution in [1.82, 2.24) is 5.32 Å². The van der Waals surface area contributed by atoms with E-state index in [1.165, 1.54) is 0 Å². The topological polar surface area (TPSA) is 50.7 Å². The smallest absolute Gasteiger partial charge is 0.126 e. The number of rotatable bonds is 4. The molecule has 1 aromatic rings. The predicted molar refractivity (Wildman–Crippen MR) is 82.2 cm³/mol. The van der Waals surface area contributed by atoms with Crippen molar-refractivity contribution in [3.05, 3.63) is 28.3 Å². The van der Waals surface area contributed by atoms with Crippen molar-refractivity contribution < 1.29 is 14.6 Å². The van der Waals surface area contributed by atoms with E-state index in [1.54, 1.807) is 0 Å². The quantitative estimate of drug-likeness (QED) is 0.892. The molecule has 2 N–H and O–H groups in total. The second-order valence-electron chi connectivity index (χ2n) is 6.26. The van der Waals surface area contributed by atoms with Crippen LogP contribution in [0.2, 0.25) is 5.02 Å². The lowest BCUT2D eigenvalue weighted by Crippen LogP contribution is -2.46. The number of benzene rings is 1. The summed E-state index contributed by atoms with van der Waals surface area (Å²) >= 11 is 6.18. The van der Waals surface area contributed by atoms with E-state index in [0.717, 1.165) is 36.4 Å². The highest BCUT2D eigenvalue weighted by atomic mass is 35.5. The van der Waals surface area contributed by atoms with Gasteiger partial charge >= 0.3 is 0 Å². The van der Waals surface area contributed by atoms with Gasteiger partial charge in [0.25, 0.3) is 0 Å². The monoisotopic (exact) mass is 311 g/mol. The van der Waals surface area contributed by atoms with E-state index < -0.39 is 5.60 Å². The maximum Gasteiger partial charge on any atom is 0.126 e. The third kappa shape index (κ3) is 3.69. The molecule has 2 unspecified atom stereocenters. The van der Waals surface area contributed by atoms with Crippen LogP contribution < -0.4 is 10.1 Å². The summed E-state index contributed by atoms with van der Waals surface area (Å²) in [6.45, 7) is 4.80. The molecular formula is C16H22ClNO3. The van der Waals surface area contributed by atoms with E-state index in [4.69, 9.17) is 21.1 Å². The van der Waals surface area contributed by atoms with Crippen molar-refractivity contribution in [3.8, 4) is 5.75 Å². The van der Waals surface area contributed by atoms with Crippen LogP contribution in [0.15, 0.2) is 12.1 Å². The first-order valence-corrected chi connectivity index (χ1v) is 7.89. The lowest BCUT2D eigenvalue weighted by molar-refractivity contribution is 0.00621. The first-order valence-electron chi connectivity index (χ1n) is 7.51. The van der Waals surface area contributed by atoms with E-state index in [2.05, 4.69) is 5.32 Å². The number of aliphatic hydroxyl groups is 1. The number of halogens is 1. The molecule has 2 heterocycles. The third-order valence-electron chi connectivity index (χ3n) is 4.08. The zero-order chi connectivity index (χ0) is 14.9. The van der Waals surface area contributed by atoms with Crippen molar-refractivity contribution in [2.24, 2.45) is 0 Å². The molecule has 0 bridgehead atoms. The van der Waals surface area contributed by atoms with Crippen LogP contribution in [0, 0.1) is 0 Å². The van der Waals surface area contributed by atoms with Crippen LogP contribution in [0.3, 0.4) is 0 Å². The molecule has 1 saturated heterocycles. The van der Waals surface area contributed by atoms with Crippen molar-refractivity contribution >= 4 is 11.6 Å². The summed E-state index contributed by atoms with van der Waals surface area (Å²) in [6, 6.07) is 4.06. The Kier molecular flexibility index (Phi) is 4.41. The Morgan fingerprint density at radius 1 is 1.43 bits per heavy atom. The average Bonchev–Trinajstić information content (AvgIpc) is 2.87. The van der Waals surface area contributed by atoms with Gasteiger partial charge in [-0.1, -0.05) is 11.6 Å². The van der Waals surface area contributed by atoms with Crippen LogP contribution in [-0.4, -0.2) is 43.1 Å². The summed E-state index contributed by atoms with van der Waals surface area (Å²) < 4.78 is 11.2. The standard InChI is InChI=1S/C16H22ClNO3/c1-16(19,9-14-10-20-5-3-18-14)8-12-7-13(17)6-11-2-4-21-15(11)12/h6-7,14,18-19H,2-5,8-10H2,1H3. The molecule has 3 rings (SSSR count). The Hall–Kier alpha value is -0.810. The van der Waals surface area contributed by atoms with Crippen molar-refractivity contribution in [2.45, 2.75) is 37.8 Å². The fourth-order valence-electron chi connectivity index (χ4n) is 3.24. The molecule has 0 saturated carbocycles. The Labute approximate surface area is 130 Å². The van der Waals surface area contributed by atoms with Crippen LogP contribution in [0.25, 0.3) is 0 Å². The molecule has 0 spiro atoms. The molecule has 4 nitrogen and oxygen atoms in total. The lowest BCUT2D eigenvalue weighted by atomic mass is 9.88. The molecule has 1 fully saturated rings. The molecule has 0 radical (unpaired) electrons. The van der Waals surface area contributed by atoms with E-state index in [9.17, 15) is 5.11 Å². The van der Waals surface area contributed by atoms with Crippen LogP contribution in [0.5, 0.6) is 5.75 Å². The van der Waals surface area contributed by atoms with Crippen LogP contribution in [-0.2, 0) is 17.6 Å². The molecule has 21 heavy (non-hydrogen) atoms. The second-order valence-corrected chi connectivity index (χ2v) is 6.69. The summed E-state index contributed by atoms with van der Waals surface area (Å²) in [5.41, 5.74) is 1.33. The van der Waals surface area contributed by atoms with Gasteiger partial charge in [0.05, 0.1) is 25.4 Å². The Morgan fingerprint density at radius 3 is 3.05 bits per heavy atom. The molecule has 5 heteroatoms. The normalized spacial score (nSPS) is 24.2. The minimum atomic E-state index is -0.817. The van der Waals surface area contributed by atoms with Crippen molar-refractivity contribution in [1.29, 1.82) is 0 Å². The zero-order valence-electron chi connectivity index (χ0n) is 12.3. The summed E-state index contributed by atoms with van der Waals surface area (Å²) in [5.74, 6) is 0.910. The number of nitrogens with one attached hydrogen (secondary N) is 1. The van der Waals surface area contributed by atoms with Gasteiger partial charge in [-0.25, -0.2) is 0 Å².